The van der Waals surface area contributed by atoms with Crippen LogP contribution >= 0.6 is 11.8 Å². The van der Waals surface area contributed by atoms with Crippen molar-refractivity contribution in [2.75, 3.05) is 12.3 Å². The number of nitrogens with one attached hydrogen (secondary N) is 2. The second kappa shape index (κ2) is 7.52. The normalized spacial score (nSPS) is 9.79. The lowest BCUT2D eigenvalue weighted by molar-refractivity contribution is -0.117. The van der Waals surface area contributed by atoms with Crippen molar-refractivity contribution >= 4 is 23.7 Å². The molecule has 7 heteroatoms. The van der Waals surface area contributed by atoms with Gasteiger partial charge in [-0.1, -0.05) is 6.08 Å². The van der Waals surface area contributed by atoms with Crippen molar-refractivity contribution in [1.29, 1.82) is 0 Å². The SMILES string of the molecule is C=CCNC(=O)NC(=O)CSc1ccc(F)c(F)c1. The van der Waals surface area contributed by atoms with Crippen LogP contribution in [0.5, 0.6) is 0 Å². The van der Waals surface area contributed by atoms with Crippen LogP contribution in [0, 0.1) is 11.6 Å². The van der Waals surface area contributed by atoms with Gasteiger partial charge in [-0.3, -0.25) is 10.1 Å². The van der Waals surface area contributed by atoms with Crippen LogP contribution in [-0.2, 0) is 4.79 Å². The Kier molecular flexibility index (Phi) is 6.01. The van der Waals surface area contributed by atoms with Gasteiger partial charge in [-0.05, 0) is 18.2 Å². The highest BCUT2D eigenvalue weighted by Crippen LogP contribution is 2.19. The van der Waals surface area contributed by atoms with Crippen LogP contribution in [0.1, 0.15) is 0 Å². The molecule has 0 aliphatic heterocycles. The summed E-state index contributed by atoms with van der Waals surface area (Å²) in [6, 6.07) is 2.70. The number of benzene rings is 1. The third kappa shape index (κ3) is 5.52. The number of halogens is 2. The van der Waals surface area contributed by atoms with E-state index < -0.39 is 23.6 Å². The number of rotatable bonds is 5. The Bertz CT molecular complexity index is 495. The van der Waals surface area contributed by atoms with Crippen LogP contribution in [0.3, 0.4) is 0 Å². The maximum absolute atomic E-state index is 12.9. The van der Waals surface area contributed by atoms with E-state index in [1.54, 1.807) is 0 Å². The molecule has 0 aliphatic rings. The van der Waals surface area contributed by atoms with Crippen LogP contribution < -0.4 is 10.6 Å². The van der Waals surface area contributed by atoms with Crippen molar-refractivity contribution in [3.8, 4) is 0 Å². The summed E-state index contributed by atoms with van der Waals surface area (Å²) in [6.07, 6.45) is 1.47. The molecule has 0 radical (unpaired) electrons. The molecule has 0 aromatic heterocycles. The predicted molar refractivity (Wildman–Crippen MR) is 68.8 cm³/mol. The summed E-state index contributed by atoms with van der Waals surface area (Å²) in [6.45, 7) is 3.65. The molecule has 0 aliphatic carbocycles. The molecule has 102 valence electrons. The van der Waals surface area contributed by atoms with E-state index in [1.807, 2.05) is 0 Å². The Morgan fingerprint density at radius 2 is 2.05 bits per heavy atom. The maximum atomic E-state index is 12.9. The van der Waals surface area contributed by atoms with Crippen molar-refractivity contribution in [2.24, 2.45) is 0 Å². The molecule has 0 heterocycles. The first-order chi connectivity index (χ1) is 9.02. The van der Waals surface area contributed by atoms with Gasteiger partial charge in [-0.15, -0.1) is 18.3 Å². The third-order valence-electron chi connectivity index (χ3n) is 1.92. The monoisotopic (exact) mass is 286 g/mol. The molecular formula is C12H12F2N2O2S. The zero-order chi connectivity index (χ0) is 14.3. The smallest absolute Gasteiger partial charge is 0.321 e. The first-order valence-corrected chi connectivity index (χ1v) is 6.28. The van der Waals surface area contributed by atoms with Crippen molar-refractivity contribution < 1.29 is 18.4 Å². The Morgan fingerprint density at radius 1 is 1.32 bits per heavy atom. The zero-order valence-corrected chi connectivity index (χ0v) is 10.7. The minimum atomic E-state index is -0.978. The van der Waals surface area contributed by atoms with Gasteiger partial charge < -0.3 is 5.32 Å². The number of urea groups is 1. The number of amides is 3. The Hall–Kier alpha value is -1.89. The number of imide groups is 1. The van der Waals surface area contributed by atoms with Gasteiger partial charge in [0.25, 0.3) is 0 Å². The average molecular weight is 286 g/mol. The Labute approximate surface area is 113 Å². The van der Waals surface area contributed by atoms with Gasteiger partial charge in [0, 0.05) is 11.4 Å². The zero-order valence-electron chi connectivity index (χ0n) is 9.91. The molecule has 19 heavy (non-hydrogen) atoms. The van der Waals surface area contributed by atoms with E-state index in [1.165, 1.54) is 12.1 Å². The van der Waals surface area contributed by atoms with Crippen molar-refractivity contribution in [2.45, 2.75) is 4.90 Å². The second-order valence-electron chi connectivity index (χ2n) is 3.41. The lowest BCUT2D eigenvalue weighted by Gasteiger charge is -2.05. The first-order valence-electron chi connectivity index (χ1n) is 5.29. The van der Waals surface area contributed by atoms with Gasteiger partial charge >= 0.3 is 6.03 Å². The number of hydrogen-bond acceptors (Lipinski definition) is 3. The molecule has 4 nitrogen and oxygen atoms in total. The molecule has 1 rings (SSSR count). The number of carbonyl (C=O) groups is 2. The van der Waals surface area contributed by atoms with Crippen LogP contribution in [-0.4, -0.2) is 24.2 Å². The first kappa shape index (κ1) is 15.2. The van der Waals surface area contributed by atoms with E-state index in [0.717, 1.165) is 23.9 Å². The van der Waals surface area contributed by atoms with Gasteiger partial charge in [0.2, 0.25) is 5.91 Å². The predicted octanol–water partition coefficient (Wildman–Crippen LogP) is 2.07. The van der Waals surface area contributed by atoms with E-state index >= 15 is 0 Å². The fourth-order valence-electron chi connectivity index (χ4n) is 1.09. The lowest BCUT2D eigenvalue weighted by Crippen LogP contribution is -2.40. The number of carbonyl (C=O) groups excluding carboxylic acids is 2. The standard InChI is InChI=1S/C12H12F2N2O2S/c1-2-5-15-12(18)16-11(17)7-19-8-3-4-9(13)10(14)6-8/h2-4,6H,1,5,7H2,(H2,15,16,17,18). The quantitative estimate of drug-likeness (QED) is 0.643. The number of hydrogen-bond donors (Lipinski definition) is 2. The van der Waals surface area contributed by atoms with Crippen molar-refractivity contribution in [3.63, 3.8) is 0 Å². The average Bonchev–Trinajstić information content (AvgIpc) is 2.38. The summed E-state index contributed by atoms with van der Waals surface area (Å²) in [5, 5.41) is 4.46. The molecule has 1 aromatic carbocycles. The van der Waals surface area contributed by atoms with Gasteiger partial charge in [0.15, 0.2) is 11.6 Å². The minimum absolute atomic E-state index is 0.0768. The molecule has 0 saturated carbocycles. The summed E-state index contributed by atoms with van der Waals surface area (Å²) < 4.78 is 25.6. The molecule has 2 N–H and O–H groups in total. The van der Waals surface area contributed by atoms with Crippen LogP contribution in [0.25, 0.3) is 0 Å². The number of thioether (sulfide) groups is 1. The molecular weight excluding hydrogens is 274 g/mol. The molecule has 0 spiro atoms. The van der Waals surface area contributed by atoms with Gasteiger partial charge in [0.05, 0.1) is 5.75 Å². The summed E-state index contributed by atoms with van der Waals surface area (Å²) >= 11 is 0.998. The van der Waals surface area contributed by atoms with Crippen molar-refractivity contribution in [3.05, 3.63) is 42.5 Å². The van der Waals surface area contributed by atoms with E-state index in [9.17, 15) is 18.4 Å². The van der Waals surface area contributed by atoms with Crippen LogP contribution in [0.2, 0.25) is 0 Å². The fourth-order valence-corrected chi connectivity index (χ4v) is 1.81. The largest absolute Gasteiger partial charge is 0.334 e. The van der Waals surface area contributed by atoms with Crippen LogP contribution in [0.4, 0.5) is 13.6 Å². The second-order valence-corrected chi connectivity index (χ2v) is 4.46. The molecule has 3 amide bonds. The summed E-state index contributed by atoms with van der Waals surface area (Å²) in [4.78, 5) is 22.9. The Morgan fingerprint density at radius 3 is 2.68 bits per heavy atom. The summed E-state index contributed by atoms with van der Waals surface area (Å²) in [5.41, 5.74) is 0. The highest BCUT2D eigenvalue weighted by molar-refractivity contribution is 8.00. The minimum Gasteiger partial charge on any atom is -0.334 e. The van der Waals surface area contributed by atoms with Crippen LogP contribution in [0.15, 0.2) is 35.7 Å². The summed E-state index contributed by atoms with van der Waals surface area (Å²) in [7, 11) is 0. The third-order valence-corrected chi connectivity index (χ3v) is 2.91. The molecule has 0 atom stereocenters. The molecule has 1 aromatic rings. The highest BCUT2D eigenvalue weighted by atomic mass is 32.2. The van der Waals surface area contributed by atoms with E-state index in [0.29, 0.717) is 4.90 Å². The van der Waals surface area contributed by atoms with E-state index in [-0.39, 0.29) is 12.3 Å². The van der Waals surface area contributed by atoms with Gasteiger partial charge in [-0.25, -0.2) is 13.6 Å². The molecule has 0 fully saturated rings. The molecule has 0 bridgehead atoms. The highest BCUT2D eigenvalue weighted by Gasteiger charge is 2.08. The fraction of sp³-hybridized carbons (Fsp3) is 0.167. The van der Waals surface area contributed by atoms with Gasteiger partial charge in [0.1, 0.15) is 0 Å². The topological polar surface area (TPSA) is 58.2 Å². The van der Waals surface area contributed by atoms with E-state index in [4.69, 9.17) is 0 Å². The maximum Gasteiger partial charge on any atom is 0.321 e. The Balaban J connectivity index is 2.39. The van der Waals surface area contributed by atoms with Crippen molar-refractivity contribution in [1.82, 2.24) is 10.6 Å². The lowest BCUT2D eigenvalue weighted by atomic mass is 10.3. The van der Waals surface area contributed by atoms with E-state index in [2.05, 4.69) is 17.2 Å². The summed E-state index contributed by atoms with van der Waals surface area (Å²) in [5.74, 6) is -2.53. The molecule has 0 saturated heterocycles. The molecule has 0 unspecified atom stereocenters. The van der Waals surface area contributed by atoms with Gasteiger partial charge in [-0.2, -0.15) is 0 Å².